The minimum Gasteiger partial charge on any atom is -0.382 e. The van der Waals surface area contributed by atoms with Crippen LogP contribution in [0.4, 0.5) is 0 Å². The molecule has 1 fully saturated rings. The molecule has 1 aliphatic rings. The molecule has 0 atom stereocenters. The molecule has 0 radical (unpaired) electrons. The first-order chi connectivity index (χ1) is 6.40. The van der Waals surface area contributed by atoms with Crippen molar-refractivity contribution in [2.45, 2.75) is 17.4 Å². The lowest BCUT2D eigenvalue weighted by atomic mass is 10.4. The van der Waals surface area contributed by atoms with Gasteiger partial charge in [0, 0.05) is 7.11 Å². The summed E-state index contributed by atoms with van der Waals surface area (Å²) in [5, 5.41) is 0. The van der Waals surface area contributed by atoms with Crippen LogP contribution in [0.15, 0.2) is 0 Å². The first kappa shape index (κ1) is 11.9. The molecule has 0 aromatic heterocycles. The second-order valence-electron chi connectivity index (χ2n) is 3.33. The van der Waals surface area contributed by atoms with Crippen LogP contribution in [0.5, 0.6) is 0 Å². The molecule has 0 amide bonds. The molecular formula is C7H14O5S2. The summed E-state index contributed by atoms with van der Waals surface area (Å²) in [6.07, 6.45) is 0.837. The topological polar surface area (TPSA) is 77.5 Å². The molecule has 0 bridgehead atoms. The van der Waals surface area contributed by atoms with Crippen LogP contribution >= 0.6 is 0 Å². The van der Waals surface area contributed by atoms with Crippen LogP contribution in [0.25, 0.3) is 0 Å². The van der Waals surface area contributed by atoms with Gasteiger partial charge in [0.1, 0.15) is 0 Å². The molecule has 0 aliphatic carbocycles. The zero-order valence-electron chi connectivity index (χ0n) is 7.97. The molecule has 1 saturated heterocycles. The van der Waals surface area contributed by atoms with Crippen molar-refractivity contribution in [3.8, 4) is 0 Å². The van der Waals surface area contributed by atoms with Gasteiger partial charge in [-0.3, -0.25) is 0 Å². The number of sulfone groups is 2. The van der Waals surface area contributed by atoms with Crippen molar-refractivity contribution in [2.75, 3.05) is 25.2 Å². The molecule has 7 heteroatoms. The molecule has 0 saturated carbocycles. The highest BCUT2D eigenvalue weighted by atomic mass is 32.3. The van der Waals surface area contributed by atoms with E-state index in [0.717, 1.165) is 0 Å². The van der Waals surface area contributed by atoms with Crippen LogP contribution in [0, 0.1) is 0 Å². The Morgan fingerprint density at radius 2 is 1.50 bits per heavy atom. The lowest BCUT2D eigenvalue weighted by Crippen LogP contribution is -2.35. The van der Waals surface area contributed by atoms with E-state index in [1.54, 1.807) is 0 Å². The Labute approximate surface area is 84.3 Å². The number of ether oxygens (including phenoxy) is 1. The van der Waals surface area contributed by atoms with Gasteiger partial charge in [0.15, 0.2) is 24.3 Å². The molecule has 84 valence electrons. The average molecular weight is 242 g/mol. The number of hydrogen-bond donors (Lipinski definition) is 0. The van der Waals surface area contributed by atoms with E-state index >= 15 is 0 Å². The first-order valence-corrected chi connectivity index (χ1v) is 7.75. The smallest absolute Gasteiger partial charge is 0.185 e. The fourth-order valence-electron chi connectivity index (χ4n) is 1.44. The molecule has 14 heavy (non-hydrogen) atoms. The largest absolute Gasteiger partial charge is 0.382 e. The summed E-state index contributed by atoms with van der Waals surface area (Å²) >= 11 is 0. The summed E-state index contributed by atoms with van der Waals surface area (Å²) in [4.78, 5) is 0. The van der Waals surface area contributed by atoms with Gasteiger partial charge in [-0.25, -0.2) is 16.8 Å². The quantitative estimate of drug-likeness (QED) is 0.657. The van der Waals surface area contributed by atoms with Crippen molar-refractivity contribution < 1.29 is 21.6 Å². The van der Waals surface area contributed by atoms with Gasteiger partial charge in [0.25, 0.3) is 0 Å². The second-order valence-corrected chi connectivity index (χ2v) is 8.23. The maximum atomic E-state index is 11.5. The third-order valence-corrected chi connectivity index (χ3v) is 7.56. The van der Waals surface area contributed by atoms with E-state index < -0.39 is 24.3 Å². The standard InChI is InChI=1S/C7H14O5S2/c1-12-6-7-13(8,9)4-2-3-5-14(7,10)11/h7H,2-6H2,1H3. The van der Waals surface area contributed by atoms with Crippen LogP contribution in [0.1, 0.15) is 12.8 Å². The Kier molecular flexibility index (Phi) is 3.54. The van der Waals surface area contributed by atoms with Crippen LogP contribution in [0.3, 0.4) is 0 Å². The van der Waals surface area contributed by atoms with E-state index in [-0.39, 0.29) is 18.1 Å². The van der Waals surface area contributed by atoms with Gasteiger partial charge in [-0.15, -0.1) is 0 Å². The van der Waals surface area contributed by atoms with Crippen LogP contribution < -0.4 is 0 Å². The highest BCUT2D eigenvalue weighted by Crippen LogP contribution is 2.19. The van der Waals surface area contributed by atoms with Crippen molar-refractivity contribution in [1.82, 2.24) is 0 Å². The highest BCUT2D eigenvalue weighted by Gasteiger charge is 2.38. The van der Waals surface area contributed by atoms with Crippen molar-refractivity contribution >= 4 is 19.7 Å². The summed E-state index contributed by atoms with van der Waals surface area (Å²) in [6.45, 7) is -0.259. The normalized spacial score (nSPS) is 26.9. The van der Waals surface area contributed by atoms with Crippen molar-refractivity contribution in [3.05, 3.63) is 0 Å². The van der Waals surface area contributed by atoms with Crippen LogP contribution in [-0.4, -0.2) is 46.6 Å². The summed E-state index contributed by atoms with van der Waals surface area (Å²) in [7, 11) is -5.78. The van der Waals surface area contributed by atoms with Crippen LogP contribution in [-0.2, 0) is 24.4 Å². The van der Waals surface area contributed by atoms with Crippen molar-refractivity contribution in [3.63, 3.8) is 0 Å². The van der Waals surface area contributed by atoms with E-state index in [0.29, 0.717) is 12.8 Å². The Morgan fingerprint density at radius 3 is 1.86 bits per heavy atom. The van der Waals surface area contributed by atoms with Gasteiger partial charge in [0.2, 0.25) is 0 Å². The molecule has 0 aromatic rings. The molecule has 1 heterocycles. The Bertz CT molecular complexity index is 344. The zero-order valence-corrected chi connectivity index (χ0v) is 9.60. The molecule has 1 aliphatic heterocycles. The summed E-state index contributed by atoms with van der Waals surface area (Å²) < 4.78 is 49.5. The molecule has 0 unspecified atom stereocenters. The number of methoxy groups -OCH3 is 1. The lowest BCUT2D eigenvalue weighted by molar-refractivity contribution is 0.210. The maximum Gasteiger partial charge on any atom is 0.185 e. The monoisotopic (exact) mass is 242 g/mol. The van der Waals surface area contributed by atoms with Gasteiger partial charge < -0.3 is 4.74 Å². The van der Waals surface area contributed by atoms with Crippen LogP contribution in [0.2, 0.25) is 0 Å². The zero-order chi connectivity index (χ0) is 10.8. The third kappa shape index (κ3) is 2.46. The minimum atomic E-state index is -3.54. The fraction of sp³-hybridized carbons (Fsp3) is 1.00. The van der Waals surface area contributed by atoms with E-state index in [9.17, 15) is 16.8 Å². The van der Waals surface area contributed by atoms with Crippen molar-refractivity contribution in [2.24, 2.45) is 0 Å². The highest BCUT2D eigenvalue weighted by molar-refractivity contribution is 8.09. The number of hydrogen-bond acceptors (Lipinski definition) is 5. The van der Waals surface area contributed by atoms with E-state index in [1.165, 1.54) is 7.11 Å². The van der Waals surface area contributed by atoms with E-state index in [2.05, 4.69) is 4.74 Å². The summed E-state index contributed by atoms with van der Waals surface area (Å²) in [5.41, 5.74) is 0. The second kappa shape index (κ2) is 4.16. The Morgan fingerprint density at radius 1 is 1.07 bits per heavy atom. The third-order valence-electron chi connectivity index (χ3n) is 2.21. The molecule has 0 spiro atoms. The molecule has 0 aromatic carbocycles. The SMILES string of the molecule is COCC1S(=O)(=O)CCCCS1(=O)=O. The summed E-state index contributed by atoms with van der Waals surface area (Å²) in [5.74, 6) is -0.111. The van der Waals surface area contributed by atoms with Gasteiger partial charge in [-0.2, -0.15) is 0 Å². The molecule has 0 N–H and O–H groups in total. The minimum absolute atomic E-state index is 0.0553. The van der Waals surface area contributed by atoms with Crippen molar-refractivity contribution in [1.29, 1.82) is 0 Å². The first-order valence-electron chi connectivity index (χ1n) is 4.32. The van der Waals surface area contributed by atoms with Gasteiger partial charge >= 0.3 is 0 Å². The van der Waals surface area contributed by atoms with Gasteiger partial charge in [0.05, 0.1) is 18.1 Å². The molecule has 5 nitrogen and oxygen atoms in total. The maximum absolute atomic E-state index is 11.5. The predicted octanol–water partition coefficient (Wildman–Crippen LogP) is -0.418. The van der Waals surface area contributed by atoms with Gasteiger partial charge in [-0.1, -0.05) is 0 Å². The summed E-state index contributed by atoms with van der Waals surface area (Å²) in [6, 6.07) is 0. The Hall–Kier alpha value is -0.140. The lowest BCUT2D eigenvalue weighted by Gasteiger charge is -2.13. The van der Waals surface area contributed by atoms with E-state index in [1.807, 2.05) is 0 Å². The molecule has 1 rings (SSSR count). The van der Waals surface area contributed by atoms with E-state index in [4.69, 9.17) is 0 Å². The Balaban J connectivity index is 3.10. The molecular weight excluding hydrogens is 228 g/mol. The predicted molar refractivity (Wildman–Crippen MR) is 52.5 cm³/mol. The fourth-order valence-corrected chi connectivity index (χ4v) is 6.23. The van der Waals surface area contributed by atoms with Gasteiger partial charge in [-0.05, 0) is 12.8 Å². The number of rotatable bonds is 2. The average Bonchev–Trinajstić information content (AvgIpc) is 2.15.